The predicted octanol–water partition coefficient (Wildman–Crippen LogP) is 2.89. The lowest BCUT2D eigenvalue weighted by atomic mass is 9.96. The number of rotatable bonds is 3. The fraction of sp³-hybridized carbons (Fsp3) is 0.455. The molecule has 94 valence electrons. The number of hydrogen-bond donors (Lipinski definition) is 0. The third-order valence-corrected chi connectivity index (χ3v) is 2.71. The molecule has 0 spiro atoms. The van der Waals surface area contributed by atoms with Crippen LogP contribution in [0, 0.1) is 0 Å². The quantitative estimate of drug-likeness (QED) is 0.819. The fourth-order valence-corrected chi connectivity index (χ4v) is 1.87. The van der Waals surface area contributed by atoms with E-state index in [-0.39, 0.29) is 11.8 Å². The van der Waals surface area contributed by atoms with E-state index in [1.165, 1.54) is 19.2 Å². The molecule has 1 unspecified atom stereocenters. The second-order valence-corrected chi connectivity index (χ2v) is 3.71. The molecule has 1 aliphatic rings. The van der Waals surface area contributed by atoms with Gasteiger partial charge in [-0.1, -0.05) is 18.2 Å². The zero-order valence-corrected chi connectivity index (χ0v) is 9.20. The molecule has 1 saturated heterocycles. The van der Waals surface area contributed by atoms with E-state index in [1.54, 1.807) is 17.2 Å². The largest absolute Gasteiger partial charge is 0.573 e. The number of alkyl halides is 3. The molecular weight excluding hydrogens is 235 g/mol. The Kier molecular flexibility index (Phi) is 3.26. The van der Waals surface area contributed by atoms with Crippen molar-refractivity contribution < 1.29 is 22.7 Å². The molecule has 17 heavy (non-hydrogen) atoms. The molecule has 0 N–H and O–H groups in total. The molecule has 1 heterocycles. The number of halogens is 3. The minimum Gasteiger partial charge on any atom is -0.405 e. The fourth-order valence-electron chi connectivity index (χ4n) is 1.87. The van der Waals surface area contributed by atoms with E-state index in [2.05, 4.69) is 4.74 Å². The van der Waals surface area contributed by atoms with Crippen LogP contribution in [0.2, 0.25) is 0 Å². The monoisotopic (exact) mass is 247 g/mol. The topological polar surface area (TPSA) is 21.7 Å². The Labute approximate surface area is 96.7 Å². The molecule has 0 aromatic heterocycles. The third kappa shape index (κ3) is 2.70. The molecule has 0 amide bonds. The second-order valence-electron chi connectivity index (χ2n) is 3.71. The van der Waals surface area contributed by atoms with Crippen molar-refractivity contribution >= 4 is 0 Å². The average molecular weight is 247 g/mol. The van der Waals surface area contributed by atoms with Gasteiger partial charge in [-0.25, -0.2) is 0 Å². The second kappa shape index (κ2) is 4.54. The van der Waals surface area contributed by atoms with E-state index in [4.69, 9.17) is 4.84 Å². The average Bonchev–Trinajstić information content (AvgIpc) is 2.18. The number of hydroxylamine groups is 2. The molecule has 1 aromatic rings. The smallest absolute Gasteiger partial charge is 0.405 e. The first kappa shape index (κ1) is 12.2. The maximum Gasteiger partial charge on any atom is 0.573 e. The minimum atomic E-state index is -4.67. The zero-order chi connectivity index (χ0) is 12.5. The first-order valence-corrected chi connectivity index (χ1v) is 5.16. The number of nitrogens with zero attached hydrogens (tertiary/aromatic N) is 1. The van der Waals surface area contributed by atoms with Crippen molar-refractivity contribution in [2.75, 3.05) is 13.7 Å². The minimum absolute atomic E-state index is 0.160. The van der Waals surface area contributed by atoms with E-state index in [1.807, 2.05) is 0 Å². The summed E-state index contributed by atoms with van der Waals surface area (Å²) >= 11 is 0. The molecule has 0 bridgehead atoms. The molecule has 0 aliphatic carbocycles. The SMILES string of the molecule is CON1CCC1c1ccccc1OC(F)(F)F. The molecule has 2 rings (SSSR count). The highest BCUT2D eigenvalue weighted by Crippen LogP contribution is 2.39. The molecule has 0 radical (unpaired) electrons. The molecule has 1 atom stereocenters. The van der Waals surface area contributed by atoms with Crippen molar-refractivity contribution in [3.8, 4) is 5.75 Å². The lowest BCUT2D eigenvalue weighted by Crippen LogP contribution is -2.40. The van der Waals surface area contributed by atoms with Crippen LogP contribution < -0.4 is 4.74 Å². The third-order valence-electron chi connectivity index (χ3n) is 2.71. The van der Waals surface area contributed by atoms with Gasteiger partial charge in [0.05, 0.1) is 13.2 Å². The van der Waals surface area contributed by atoms with Crippen LogP contribution in [0.3, 0.4) is 0 Å². The number of hydrogen-bond acceptors (Lipinski definition) is 3. The molecule has 1 aromatic carbocycles. The van der Waals surface area contributed by atoms with Crippen molar-refractivity contribution in [1.29, 1.82) is 0 Å². The highest BCUT2D eigenvalue weighted by Gasteiger charge is 2.36. The zero-order valence-electron chi connectivity index (χ0n) is 9.20. The predicted molar refractivity (Wildman–Crippen MR) is 54.2 cm³/mol. The van der Waals surface area contributed by atoms with E-state index in [0.717, 1.165) is 6.42 Å². The van der Waals surface area contributed by atoms with Crippen LogP contribution in [-0.2, 0) is 4.84 Å². The lowest BCUT2D eigenvalue weighted by molar-refractivity contribution is -0.276. The van der Waals surface area contributed by atoms with Crippen molar-refractivity contribution in [1.82, 2.24) is 5.06 Å². The van der Waals surface area contributed by atoms with Crippen LogP contribution in [0.15, 0.2) is 24.3 Å². The van der Waals surface area contributed by atoms with Crippen molar-refractivity contribution in [2.24, 2.45) is 0 Å². The van der Waals surface area contributed by atoms with Gasteiger partial charge >= 0.3 is 6.36 Å². The molecule has 3 nitrogen and oxygen atoms in total. The van der Waals surface area contributed by atoms with E-state index in [0.29, 0.717) is 12.1 Å². The summed E-state index contributed by atoms with van der Waals surface area (Å²) in [5, 5.41) is 1.62. The number of benzene rings is 1. The molecular formula is C11H12F3NO2. The summed E-state index contributed by atoms with van der Waals surface area (Å²) in [6, 6.07) is 5.97. The van der Waals surface area contributed by atoms with Gasteiger partial charge in [-0.2, -0.15) is 5.06 Å². The van der Waals surface area contributed by atoms with Gasteiger partial charge in [0.15, 0.2) is 0 Å². The summed E-state index contributed by atoms with van der Waals surface area (Å²) in [7, 11) is 1.50. The van der Waals surface area contributed by atoms with Crippen LogP contribution >= 0.6 is 0 Å². The van der Waals surface area contributed by atoms with Gasteiger partial charge in [0.25, 0.3) is 0 Å². The Morgan fingerprint density at radius 1 is 1.29 bits per heavy atom. The molecule has 0 saturated carbocycles. The van der Waals surface area contributed by atoms with Crippen LogP contribution in [-0.4, -0.2) is 25.1 Å². The van der Waals surface area contributed by atoms with Gasteiger partial charge in [0, 0.05) is 12.1 Å². The van der Waals surface area contributed by atoms with Gasteiger partial charge in [-0.3, -0.25) is 0 Å². The van der Waals surface area contributed by atoms with Crippen LogP contribution in [0.1, 0.15) is 18.0 Å². The Hall–Kier alpha value is -1.27. The Bertz CT molecular complexity index is 393. The van der Waals surface area contributed by atoms with Gasteiger partial charge < -0.3 is 9.57 Å². The normalized spacial score (nSPS) is 21.1. The van der Waals surface area contributed by atoms with E-state index < -0.39 is 6.36 Å². The maximum absolute atomic E-state index is 12.2. The number of para-hydroxylation sites is 1. The standard InChI is InChI=1S/C11H12F3NO2/c1-16-15-7-6-9(15)8-4-2-3-5-10(8)17-11(12,13)14/h2-5,9H,6-7H2,1H3. The summed E-state index contributed by atoms with van der Waals surface area (Å²) in [5.74, 6) is -0.160. The summed E-state index contributed by atoms with van der Waals surface area (Å²) in [4.78, 5) is 5.03. The molecule has 1 aliphatic heterocycles. The molecule has 1 fully saturated rings. The van der Waals surface area contributed by atoms with Crippen LogP contribution in [0.25, 0.3) is 0 Å². The summed E-state index contributed by atoms with van der Waals surface area (Å²) < 4.78 is 40.7. The van der Waals surface area contributed by atoms with Gasteiger partial charge in [-0.05, 0) is 12.5 Å². The van der Waals surface area contributed by atoms with Gasteiger partial charge in [0.1, 0.15) is 5.75 Å². The maximum atomic E-state index is 12.2. The summed E-state index contributed by atoms with van der Waals surface area (Å²) in [5.41, 5.74) is 0.498. The molecule has 6 heteroatoms. The van der Waals surface area contributed by atoms with Gasteiger partial charge in [-0.15, -0.1) is 13.2 Å². The van der Waals surface area contributed by atoms with E-state index in [9.17, 15) is 13.2 Å². The van der Waals surface area contributed by atoms with Crippen LogP contribution in [0.4, 0.5) is 13.2 Å². The van der Waals surface area contributed by atoms with E-state index >= 15 is 0 Å². The van der Waals surface area contributed by atoms with Gasteiger partial charge in [0.2, 0.25) is 0 Å². The number of ether oxygens (including phenoxy) is 1. The Morgan fingerprint density at radius 2 is 2.00 bits per heavy atom. The lowest BCUT2D eigenvalue weighted by Gasteiger charge is -2.39. The van der Waals surface area contributed by atoms with Crippen molar-refractivity contribution in [3.05, 3.63) is 29.8 Å². The van der Waals surface area contributed by atoms with Crippen molar-refractivity contribution in [2.45, 2.75) is 18.8 Å². The summed E-state index contributed by atoms with van der Waals surface area (Å²) in [6.45, 7) is 0.710. The Morgan fingerprint density at radius 3 is 2.53 bits per heavy atom. The first-order chi connectivity index (χ1) is 8.01. The van der Waals surface area contributed by atoms with Crippen LogP contribution in [0.5, 0.6) is 5.75 Å². The summed E-state index contributed by atoms with van der Waals surface area (Å²) in [6.07, 6.45) is -3.91. The highest BCUT2D eigenvalue weighted by molar-refractivity contribution is 5.36. The first-order valence-electron chi connectivity index (χ1n) is 5.16. The van der Waals surface area contributed by atoms with Crippen molar-refractivity contribution in [3.63, 3.8) is 0 Å². The highest BCUT2D eigenvalue weighted by atomic mass is 19.4. The Balaban J connectivity index is 2.22.